The fourth-order valence-corrected chi connectivity index (χ4v) is 0.655. The number of hydrogen-bond donors (Lipinski definition) is 0. The molecule has 2 nitrogen and oxygen atoms in total. The van der Waals surface area contributed by atoms with Gasteiger partial charge < -0.3 is 7.59 Å². The fraction of sp³-hybridized carbons (Fsp3) is 0.125. The van der Waals surface area contributed by atoms with Crippen LogP contribution in [-0.4, -0.2) is 29.0 Å². The average molecular weight is 162 g/mol. The minimum atomic E-state index is -0.286. The topological polar surface area (TPSA) is 26.3 Å². The smallest absolute Gasteiger partial charge is 1.00 e. The molecule has 0 amide bonds. The molecular formula is C8H10MgO2. The van der Waals surface area contributed by atoms with Crippen LogP contribution in [0.3, 0.4) is 0 Å². The summed E-state index contributed by atoms with van der Waals surface area (Å²) in [5, 5.41) is 0. The Morgan fingerprint density at radius 2 is 1.91 bits per heavy atom. The van der Waals surface area contributed by atoms with Gasteiger partial charge >= 0.3 is 29.0 Å². The largest absolute Gasteiger partial charge is 2.00 e. The van der Waals surface area contributed by atoms with Crippen LogP contribution in [0.4, 0.5) is 0 Å². The summed E-state index contributed by atoms with van der Waals surface area (Å²) in [5.74, 6) is 0.307. The van der Waals surface area contributed by atoms with Gasteiger partial charge in [-0.3, -0.25) is 4.79 Å². The number of rotatable bonds is 1. The molecule has 0 N–H and O–H groups in total. The molecule has 1 aromatic carbocycles. The normalized spacial score (nSPS) is 8.09. The predicted molar refractivity (Wildman–Crippen MR) is 45.7 cm³/mol. The number of esters is 1. The second-order valence-corrected chi connectivity index (χ2v) is 1.91. The minimum Gasteiger partial charge on any atom is -1.00 e. The van der Waals surface area contributed by atoms with Crippen molar-refractivity contribution in [3.63, 3.8) is 0 Å². The molecule has 0 fully saturated rings. The van der Waals surface area contributed by atoms with Crippen molar-refractivity contribution in [1.82, 2.24) is 0 Å². The van der Waals surface area contributed by atoms with Crippen LogP contribution in [0.25, 0.3) is 0 Å². The molecule has 0 aliphatic rings. The summed E-state index contributed by atoms with van der Waals surface area (Å²) in [7, 11) is 0. The van der Waals surface area contributed by atoms with Crippen molar-refractivity contribution in [2.24, 2.45) is 0 Å². The molecule has 0 aliphatic heterocycles. The summed E-state index contributed by atoms with van der Waals surface area (Å²) < 4.78 is 4.78. The first-order valence-corrected chi connectivity index (χ1v) is 3.02. The van der Waals surface area contributed by atoms with Gasteiger partial charge in [0.25, 0.3) is 0 Å². The van der Waals surface area contributed by atoms with Crippen LogP contribution in [0.2, 0.25) is 0 Å². The van der Waals surface area contributed by atoms with E-state index in [1.165, 1.54) is 6.92 Å². The number of benzene rings is 1. The molecule has 0 saturated carbocycles. The van der Waals surface area contributed by atoms with Crippen LogP contribution >= 0.6 is 0 Å². The maximum Gasteiger partial charge on any atom is 2.00 e. The first-order valence-electron chi connectivity index (χ1n) is 3.02. The van der Waals surface area contributed by atoms with Crippen molar-refractivity contribution in [2.45, 2.75) is 6.92 Å². The molecule has 0 radical (unpaired) electrons. The Balaban J connectivity index is -0.000000333. The monoisotopic (exact) mass is 162 g/mol. The molecule has 11 heavy (non-hydrogen) atoms. The molecule has 0 atom stereocenters. The Morgan fingerprint density at radius 1 is 1.36 bits per heavy atom. The second-order valence-electron chi connectivity index (χ2n) is 1.91. The maximum absolute atomic E-state index is 10.4. The van der Waals surface area contributed by atoms with Gasteiger partial charge in [-0.25, -0.2) is 0 Å². The molecule has 0 saturated heterocycles. The van der Waals surface area contributed by atoms with Crippen molar-refractivity contribution in [3.8, 4) is 5.75 Å². The Morgan fingerprint density at radius 3 is 2.36 bits per heavy atom. The maximum atomic E-state index is 10.4. The van der Waals surface area contributed by atoms with Gasteiger partial charge in [0, 0.05) is 6.92 Å². The van der Waals surface area contributed by atoms with E-state index >= 15 is 0 Å². The summed E-state index contributed by atoms with van der Waals surface area (Å²) in [4.78, 5) is 10.4. The molecule has 0 heterocycles. The quantitative estimate of drug-likeness (QED) is 0.355. The molecule has 1 aromatic rings. The molecule has 1 rings (SSSR count). The number of hydrogen-bond acceptors (Lipinski definition) is 2. The van der Waals surface area contributed by atoms with Crippen LogP contribution < -0.4 is 4.74 Å². The van der Waals surface area contributed by atoms with Crippen molar-refractivity contribution in [3.05, 3.63) is 30.3 Å². The Labute approximate surface area is 84.7 Å². The molecule has 0 aromatic heterocycles. The molecule has 0 bridgehead atoms. The van der Waals surface area contributed by atoms with Gasteiger partial charge in [0.15, 0.2) is 0 Å². The molecular weight excluding hydrogens is 152 g/mol. The van der Waals surface area contributed by atoms with E-state index in [2.05, 4.69) is 0 Å². The zero-order valence-electron chi connectivity index (χ0n) is 8.41. The standard InChI is InChI=1S/C8H8O2.Mg.2H/c1-7(9)10-8-5-3-2-4-6-8;;;/h2-6H,1H3;;;/q;+2;2*-1. The molecule has 3 heteroatoms. The van der Waals surface area contributed by atoms with Gasteiger partial charge in [-0.2, -0.15) is 0 Å². The van der Waals surface area contributed by atoms with E-state index in [0.29, 0.717) is 5.75 Å². The van der Waals surface area contributed by atoms with Crippen molar-refractivity contribution in [1.29, 1.82) is 0 Å². The summed E-state index contributed by atoms with van der Waals surface area (Å²) >= 11 is 0. The van der Waals surface area contributed by atoms with Crippen LogP contribution in [0.5, 0.6) is 5.75 Å². The Kier molecular flexibility index (Phi) is 4.90. The van der Waals surface area contributed by atoms with E-state index in [0.717, 1.165) is 0 Å². The fourth-order valence-electron chi connectivity index (χ4n) is 0.655. The van der Waals surface area contributed by atoms with Gasteiger partial charge in [0.1, 0.15) is 5.75 Å². The summed E-state index contributed by atoms with van der Waals surface area (Å²) in [6.07, 6.45) is 0. The average Bonchev–Trinajstić information content (AvgIpc) is 1.88. The number of carbonyl (C=O) groups is 1. The molecule has 0 spiro atoms. The Bertz CT molecular complexity index is 229. The first kappa shape index (κ1) is 10.5. The zero-order chi connectivity index (χ0) is 7.40. The summed E-state index contributed by atoms with van der Waals surface area (Å²) in [5.41, 5.74) is 0. The van der Waals surface area contributed by atoms with E-state index in [-0.39, 0.29) is 31.9 Å². The van der Waals surface area contributed by atoms with E-state index in [9.17, 15) is 4.79 Å². The first-order chi connectivity index (χ1) is 4.79. The summed E-state index contributed by atoms with van der Waals surface area (Å²) in [6, 6.07) is 8.98. The van der Waals surface area contributed by atoms with Crippen LogP contribution in [0.15, 0.2) is 30.3 Å². The third kappa shape index (κ3) is 4.01. The number of para-hydroxylation sites is 1. The third-order valence-corrected chi connectivity index (χ3v) is 1.00. The van der Waals surface area contributed by atoms with Crippen molar-refractivity contribution in [2.75, 3.05) is 0 Å². The van der Waals surface area contributed by atoms with Gasteiger partial charge in [0.2, 0.25) is 0 Å². The van der Waals surface area contributed by atoms with Crippen molar-refractivity contribution >= 4 is 29.0 Å². The van der Waals surface area contributed by atoms with E-state index in [1.807, 2.05) is 18.2 Å². The SMILES string of the molecule is CC(=O)Oc1ccccc1.[H-].[H-].[Mg+2]. The second kappa shape index (κ2) is 5.15. The van der Waals surface area contributed by atoms with E-state index in [1.54, 1.807) is 12.1 Å². The zero-order valence-corrected chi connectivity index (χ0v) is 7.82. The van der Waals surface area contributed by atoms with E-state index in [4.69, 9.17) is 4.74 Å². The van der Waals surface area contributed by atoms with Crippen LogP contribution in [0, 0.1) is 0 Å². The summed E-state index contributed by atoms with van der Waals surface area (Å²) in [6.45, 7) is 1.38. The predicted octanol–water partition coefficient (Wildman–Crippen LogP) is 1.46. The van der Waals surface area contributed by atoms with Crippen molar-refractivity contribution < 1.29 is 12.4 Å². The molecule has 0 aliphatic carbocycles. The molecule has 56 valence electrons. The van der Waals surface area contributed by atoms with Crippen LogP contribution in [-0.2, 0) is 4.79 Å². The molecule has 0 unspecified atom stereocenters. The Hall–Kier alpha value is -0.544. The van der Waals surface area contributed by atoms with E-state index < -0.39 is 0 Å². The minimum absolute atomic E-state index is 0. The van der Waals surface area contributed by atoms with Gasteiger partial charge in [-0.15, -0.1) is 0 Å². The van der Waals surface area contributed by atoms with Gasteiger partial charge in [0.05, 0.1) is 0 Å². The van der Waals surface area contributed by atoms with Gasteiger partial charge in [-0.05, 0) is 12.1 Å². The van der Waals surface area contributed by atoms with Gasteiger partial charge in [-0.1, -0.05) is 18.2 Å². The third-order valence-electron chi connectivity index (χ3n) is 1.00. The number of ether oxygens (including phenoxy) is 1. The van der Waals surface area contributed by atoms with Crippen LogP contribution in [0.1, 0.15) is 9.78 Å². The number of carbonyl (C=O) groups excluding carboxylic acids is 1.